The third kappa shape index (κ3) is 4.52. The van der Waals surface area contributed by atoms with Crippen LogP contribution in [0.5, 0.6) is 5.75 Å². The lowest BCUT2D eigenvalue weighted by Gasteiger charge is -2.13. The van der Waals surface area contributed by atoms with E-state index in [0.717, 1.165) is 39.0 Å². The van der Waals surface area contributed by atoms with Gasteiger partial charge in [0.05, 0.1) is 24.7 Å². The Morgan fingerprint density at radius 2 is 2.06 bits per heavy atom. The summed E-state index contributed by atoms with van der Waals surface area (Å²) >= 11 is 0. The van der Waals surface area contributed by atoms with E-state index in [9.17, 15) is 0 Å². The van der Waals surface area contributed by atoms with E-state index in [1.165, 1.54) is 6.20 Å². The van der Waals surface area contributed by atoms with E-state index in [1.54, 1.807) is 39.0 Å². The summed E-state index contributed by atoms with van der Waals surface area (Å²) < 4.78 is 7.48. The van der Waals surface area contributed by atoms with E-state index in [-0.39, 0.29) is 6.04 Å². The number of methoxy groups -OCH3 is 1. The Hall–Kier alpha value is -4.27. The molecule has 3 aromatic heterocycles. The third-order valence-corrected chi connectivity index (χ3v) is 5.13. The number of aromatic nitrogens is 5. The van der Waals surface area contributed by atoms with E-state index < -0.39 is 0 Å². The predicted molar refractivity (Wildman–Crippen MR) is 132 cm³/mol. The number of nitrogens with two attached hydrogens (primary N) is 1. The highest BCUT2D eigenvalue weighted by Gasteiger charge is 2.13. The molecule has 3 heterocycles. The summed E-state index contributed by atoms with van der Waals surface area (Å²) in [6, 6.07) is 7.86. The van der Waals surface area contributed by atoms with E-state index in [1.807, 2.05) is 35.1 Å². The lowest BCUT2D eigenvalue weighted by atomic mass is 10.1. The molecule has 33 heavy (non-hydrogen) atoms. The van der Waals surface area contributed by atoms with Crippen LogP contribution >= 0.6 is 0 Å². The Bertz CT molecular complexity index is 1340. The number of aliphatic imine (C=N–C) groups is 1. The summed E-state index contributed by atoms with van der Waals surface area (Å²) in [7, 11) is 3.31. The van der Waals surface area contributed by atoms with E-state index in [4.69, 9.17) is 15.5 Å². The second kappa shape index (κ2) is 9.47. The van der Waals surface area contributed by atoms with Gasteiger partial charge in [0.15, 0.2) is 0 Å². The van der Waals surface area contributed by atoms with Gasteiger partial charge in [-0.2, -0.15) is 5.10 Å². The molecule has 0 aliphatic heterocycles. The molecule has 0 aliphatic rings. The Morgan fingerprint density at radius 1 is 1.21 bits per heavy atom. The summed E-state index contributed by atoms with van der Waals surface area (Å²) in [5.74, 6) is 1.06. The molecule has 0 unspecified atom stereocenters. The van der Waals surface area contributed by atoms with Crippen LogP contribution in [0.4, 0.5) is 11.6 Å². The van der Waals surface area contributed by atoms with Gasteiger partial charge in [0.25, 0.3) is 0 Å². The van der Waals surface area contributed by atoms with Gasteiger partial charge in [0.1, 0.15) is 11.3 Å². The van der Waals surface area contributed by atoms with Crippen LogP contribution in [0.1, 0.15) is 25.5 Å². The van der Waals surface area contributed by atoms with Crippen molar-refractivity contribution in [1.29, 1.82) is 0 Å². The van der Waals surface area contributed by atoms with Crippen molar-refractivity contribution < 1.29 is 4.74 Å². The summed E-state index contributed by atoms with van der Waals surface area (Å²) in [5, 5.41) is 8.58. The predicted octanol–water partition coefficient (Wildman–Crippen LogP) is 4.22. The van der Waals surface area contributed by atoms with E-state index >= 15 is 0 Å². The van der Waals surface area contributed by atoms with Crippen molar-refractivity contribution >= 4 is 34.3 Å². The van der Waals surface area contributed by atoms with Crippen molar-refractivity contribution in [1.82, 2.24) is 24.7 Å². The summed E-state index contributed by atoms with van der Waals surface area (Å²) in [6.45, 7) is 4.16. The molecular weight excluding hydrogens is 416 g/mol. The Balaban J connectivity index is 1.71. The maximum Gasteiger partial charge on any atom is 0.227 e. The molecule has 4 rings (SSSR count). The number of nitrogens with zero attached hydrogens (tertiary/aromatic N) is 6. The molecule has 0 saturated carbocycles. The molecule has 0 bridgehead atoms. The first kappa shape index (κ1) is 21.9. The number of hydrogen-bond donors (Lipinski definition) is 2. The van der Waals surface area contributed by atoms with Crippen molar-refractivity contribution in [3.05, 3.63) is 60.8 Å². The maximum atomic E-state index is 5.74. The molecule has 0 radical (unpaired) electrons. The van der Waals surface area contributed by atoms with Crippen LogP contribution in [-0.2, 0) is 0 Å². The highest BCUT2D eigenvalue weighted by Crippen LogP contribution is 2.31. The first-order valence-corrected chi connectivity index (χ1v) is 10.5. The van der Waals surface area contributed by atoms with Gasteiger partial charge in [-0.3, -0.25) is 14.7 Å². The third-order valence-electron chi connectivity index (χ3n) is 5.13. The second-order valence-corrected chi connectivity index (χ2v) is 7.64. The smallest absolute Gasteiger partial charge is 0.227 e. The number of nitrogens with one attached hydrogen (secondary N) is 1. The molecule has 1 aromatic carbocycles. The largest absolute Gasteiger partial charge is 0.495 e. The molecule has 0 fully saturated rings. The van der Waals surface area contributed by atoms with Crippen molar-refractivity contribution in [2.24, 2.45) is 10.7 Å². The number of allylic oxidation sites excluding steroid dienone is 1. The van der Waals surface area contributed by atoms with Crippen LogP contribution in [0, 0.1) is 0 Å². The van der Waals surface area contributed by atoms with Gasteiger partial charge in [-0.1, -0.05) is 6.07 Å². The molecule has 3 N–H and O–H groups in total. The number of anilines is 2. The van der Waals surface area contributed by atoms with Crippen molar-refractivity contribution in [2.75, 3.05) is 19.5 Å². The van der Waals surface area contributed by atoms with Crippen LogP contribution < -0.4 is 15.8 Å². The normalized spacial score (nSPS) is 12.1. The Labute approximate surface area is 192 Å². The average Bonchev–Trinajstić information content (AvgIpc) is 3.33. The lowest BCUT2D eigenvalue weighted by Crippen LogP contribution is -2.01. The SMILES string of the molecule is CN=CC(=CN)c1ccc(Nc2ncc3ccnc(-c4cnn(C(C)C)c4)c3n2)c(OC)c1. The Morgan fingerprint density at radius 3 is 2.76 bits per heavy atom. The topological polar surface area (TPSA) is 116 Å². The number of rotatable bonds is 7. The minimum atomic E-state index is 0.259. The summed E-state index contributed by atoms with van der Waals surface area (Å²) in [4.78, 5) is 17.8. The first-order valence-electron chi connectivity index (χ1n) is 10.5. The van der Waals surface area contributed by atoms with Gasteiger partial charge in [-0.25, -0.2) is 9.97 Å². The fraction of sp³-hybridized carbons (Fsp3) is 0.208. The van der Waals surface area contributed by atoms with Gasteiger partial charge in [-0.15, -0.1) is 0 Å². The molecule has 9 heteroatoms. The molecule has 0 saturated heterocycles. The minimum absolute atomic E-state index is 0.259. The van der Waals surface area contributed by atoms with Crippen molar-refractivity contribution in [3.63, 3.8) is 0 Å². The number of hydrogen-bond acceptors (Lipinski definition) is 8. The van der Waals surface area contributed by atoms with E-state index in [0.29, 0.717) is 11.7 Å². The molecule has 0 atom stereocenters. The second-order valence-electron chi connectivity index (χ2n) is 7.64. The molecule has 4 aromatic rings. The zero-order chi connectivity index (χ0) is 23.4. The minimum Gasteiger partial charge on any atom is -0.495 e. The number of pyridine rings is 1. The van der Waals surface area contributed by atoms with Gasteiger partial charge in [-0.05, 0) is 37.6 Å². The van der Waals surface area contributed by atoms with Gasteiger partial charge in [0, 0.05) is 60.6 Å². The van der Waals surface area contributed by atoms with Crippen LogP contribution in [-0.4, -0.2) is 45.1 Å². The zero-order valence-corrected chi connectivity index (χ0v) is 19.0. The Kier molecular flexibility index (Phi) is 6.30. The molecule has 9 nitrogen and oxygen atoms in total. The molecule has 0 amide bonds. The molecule has 168 valence electrons. The fourth-order valence-electron chi connectivity index (χ4n) is 3.42. The van der Waals surface area contributed by atoms with Gasteiger partial charge in [0.2, 0.25) is 5.95 Å². The molecule has 0 spiro atoms. The number of ether oxygens (including phenoxy) is 1. The lowest BCUT2D eigenvalue weighted by molar-refractivity contribution is 0.416. The van der Waals surface area contributed by atoms with Gasteiger partial charge >= 0.3 is 0 Å². The van der Waals surface area contributed by atoms with Gasteiger partial charge < -0.3 is 15.8 Å². The average molecular weight is 443 g/mol. The monoisotopic (exact) mass is 442 g/mol. The maximum absolute atomic E-state index is 5.74. The molecule has 0 aliphatic carbocycles. The van der Waals surface area contributed by atoms with Crippen LogP contribution in [0.2, 0.25) is 0 Å². The number of fused-ring (bicyclic) bond motifs is 1. The van der Waals surface area contributed by atoms with E-state index in [2.05, 4.69) is 39.2 Å². The highest BCUT2D eigenvalue weighted by atomic mass is 16.5. The van der Waals surface area contributed by atoms with Crippen LogP contribution in [0.3, 0.4) is 0 Å². The zero-order valence-electron chi connectivity index (χ0n) is 19.0. The van der Waals surface area contributed by atoms with Crippen molar-refractivity contribution in [3.8, 4) is 17.0 Å². The standard InChI is InChI=1S/C24H26N8O/c1-15(2)32-14-19(13-29-32)22-23-17(7-8-27-22)12-28-24(31-23)30-20-6-5-16(9-21(20)33-4)18(10-25)11-26-3/h5-15H,25H2,1-4H3,(H,28,30,31). The quantitative estimate of drug-likeness (QED) is 0.412. The summed E-state index contributed by atoms with van der Waals surface area (Å²) in [6.07, 6.45) is 10.5. The fourth-order valence-corrected chi connectivity index (χ4v) is 3.42. The van der Waals surface area contributed by atoms with Crippen LogP contribution in [0.25, 0.3) is 27.7 Å². The molecular formula is C24H26N8O. The first-order chi connectivity index (χ1) is 16.0. The summed E-state index contributed by atoms with van der Waals surface area (Å²) in [5.41, 5.74) is 10.5. The van der Waals surface area contributed by atoms with Crippen LogP contribution in [0.15, 0.2) is 60.2 Å². The highest BCUT2D eigenvalue weighted by molar-refractivity contribution is 6.09. The number of benzene rings is 1. The van der Waals surface area contributed by atoms with Crippen molar-refractivity contribution in [2.45, 2.75) is 19.9 Å².